The van der Waals surface area contributed by atoms with Crippen molar-refractivity contribution in [2.24, 2.45) is 0 Å². The summed E-state index contributed by atoms with van der Waals surface area (Å²) in [4.78, 5) is 11.9. The number of alkyl halides is 1. The Kier molecular flexibility index (Phi) is 5.71. The highest BCUT2D eigenvalue weighted by Crippen LogP contribution is 2.06. The molecule has 0 spiro atoms. The molecule has 17 heavy (non-hydrogen) atoms. The number of benzene rings is 1. The van der Waals surface area contributed by atoms with E-state index in [1.54, 1.807) is 24.3 Å². The molecule has 1 aromatic rings. The van der Waals surface area contributed by atoms with E-state index in [1.165, 1.54) is 0 Å². The summed E-state index contributed by atoms with van der Waals surface area (Å²) >= 11 is 3.36. The van der Waals surface area contributed by atoms with Crippen LogP contribution in [0.4, 0.5) is 0 Å². The molecule has 0 bridgehead atoms. The van der Waals surface area contributed by atoms with E-state index in [0.717, 1.165) is 18.2 Å². The summed E-state index contributed by atoms with van der Waals surface area (Å²) in [5.41, 5.74) is 1.04. The number of carbonyl (C=O) groups is 1. The van der Waals surface area contributed by atoms with Crippen LogP contribution in [0, 0.1) is 11.3 Å². The maximum atomic E-state index is 11.9. The Morgan fingerprint density at radius 1 is 1.59 bits per heavy atom. The standard InChI is InChI=1S/C13H15BrN2O/c1-10(4-3-7-14)16-13(17)12-6-2-5-11(8-12)9-15/h2,5-6,8,10H,3-4,7H2,1H3,(H,16,17). The second-order valence-corrected chi connectivity index (χ2v) is 4.69. The molecule has 90 valence electrons. The van der Waals surface area contributed by atoms with Crippen LogP contribution in [-0.4, -0.2) is 17.3 Å². The third-order valence-corrected chi connectivity index (χ3v) is 2.96. The third-order valence-electron chi connectivity index (χ3n) is 2.40. The topological polar surface area (TPSA) is 52.9 Å². The minimum absolute atomic E-state index is 0.121. The van der Waals surface area contributed by atoms with Crippen molar-refractivity contribution in [1.29, 1.82) is 5.26 Å². The zero-order chi connectivity index (χ0) is 12.7. The molecule has 3 nitrogen and oxygen atoms in total. The smallest absolute Gasteiger partial charge is 0.251 e. The highest BCUT2D eigenvalue weighted by atomic mass is 79.9. The van der Waals surface area contributed by atoms with E-state index >= 15 is 0 Å². The Morgan fingerprint density at radius 3 is 3.00 bits per heavy atom. The van der Waals surface area contributed by atoms with Crippen LogP contribution < -0.4 is 5.32 Å². The first-order valence-corrected chi connectivity index (χ1v) is 6.66. The lowest BCUT2D eigenvalue weighted by atomic mass is 10.1. The molecule has 0 aliphatic heterocycles. The first-order valence-electron chi connectivity index (χ1n) is 5.54. The minimum Gasteiger partial charge on any atom is -0.350 e. The van der Waals surface area contributed by atoms with Crippen LogP contribution in [0.1, 0.15) is 35.7 Å². The Morgan fingerprint density at radius 2 is 2.35 bits per heavy atom. The summed E-state index contributed by atoms with van der Waals surface area (Å²) in [6.07, 6.45) is 1.97. The second kappa shape index (κ2) is 7.08. The van der Waals surface area contributed by atoms with Gasteiger partial charge < -0.3 is 5.32 Å². The molecule has 0 fully saturated rings. The average molecular weight is 295 g/mol. The molecule has 0 aliphatic rings. The molecule has 4 heteroatoms. The van der Waals surface area contributed by atoms with Gasteiger partial charge in [0.2, 0.25) is 0 Å². The molecule has 1 unspecified atom stereocenters. The number of hydrogen-bond donors (Lipinski definition) is 1. The van der Waals surface area contributed by atoms with Gasteiger partial charge in [0.15, 0.2) is 0 Å². The Bertz CT molecular complexity index is 426. The molecule has 1 rings (SSSR count). The van der Waals surface area contributed by atoms with E-state index in [9.17, 15) is 4.79 Å². The van der Waals surface area contributed by atoms with Crippen molar-refractivity contribution in [3.8, 4) is 6.07 Å². The molecule has 0 aliphatic carbocycles. The van der Waals surface area contributed by atoms with Gasteiger partial charge in [-0.2, -0.15) is 5.26 Å². The van der Waals surface area contributed by atoms with Gasteiger partial charge in [-0.1, -0.05) is 22.0 Å². The molecule has 1 N–H and O–H groups in total. The first kappa shape index (κ1) is 13.7. The van der Waals surface area contributed by atoms with Gasteiger partial charge >= 0.3 is 0 Å². The molecule has 0 radical (unpaired) electrons. The van der Waals surface area contributed by atoms with E-state index in [4.69, 9.17) is 5.26 Å². The highest BCUT2D eigenvalue weighted by molar-refractivity contribution is 9.09. The zero-order valence-electron chi connectivity index (χ0n) is 9.74. The predicted molar refractivity (Wildman–Crippen MR) is 71.1 cm³/mol. The fourth-order valence-electron chi connectivity index (χ4n) is 1.49. The number of rotatable bonds is 5. The second-order valence-electron chi connectivity index (χ2n) is 3.90. The number of amides is 1. The number of nitrogens with zero attached hydrogens (tertiary/aromatic N) is 1. The highest BCUT2D eigenvalue weighted by Gasteiger charge is 2.09. The van der Waals surface area contributed by atoms with Gasteiger partial charge in [-0.25, -0.2) is 0 Å². The largest absolute Gasteiger partial charge is 0.350 e. The van der Waals surface area contributed by atoms with Crippen molar-refractivity contribution in [1.82, 2.24) is 5.32 Å². The first-order chi connectivity index (χ1) is 8.17. The molecular weight excluding hydrogens is 280 g/mol. The van der Waals surface area contributed by atoms with Crippen molar-refractivity contribution in [2.75, 3.05) is 5.33 Å². The van der Waals surface area contributed by atoms with E-state index in [1.807, 2.05) is 13.0 Å². The van der Waals surface area contributed by atoms with Crippen LogP contribution in [0.15, 0.2) is 24.3 Å². The Balaban J connectivity index is 2.60. The van der Waals surface area contributed by atoms with Gasteiger partial charge in [-0.05, 0) is 38.0 Å². The van der Waals surface area contributed by atoms with Gasteiger partial charge in [0, 0.05) is 16.9 Å². The summed E-state index contributed by atoms with van der Waals surface area (Å²) in [5.74, 6) is -0.121. The fourth-order valence-corrected chi connectivity index (χ4v) is 1.82. The maximum Gasteiger partial charge on any atom is 0.251 e. The molecule has 0 saturated heterocycles. The van der Waals surface area contributed by atoms with E-state index in [2.05, 4.69) is 21.2 Å². The average Bonchev–Trinajstić information content (AvgIpc) is 2.36. The third kappa shape index (κ3) is 4.58. The SMILES string of the molecule is CC(CCCBr)NC(=O)c1cccc(C#N)c1. The van der Waals surface area contributed by atoms with Crippen molar-refractivity contribution in [3.63, 3.8) is 0 Å². The molecule has 1 atom stereocenters. The normalized spacial score (nSPS) is 11.6. The lowest BCUT2D eigenvalue weighted by Crippen LogP contribution is -2.32. The number of nitrogens with one attached hydrogen (secondary N) is 1. The summed E-state index contributed by atoms with van der Waals surface area (Å²) < 4.78 is 0. The predicted octanol–water partition coefficient (Wildman–Crippen LogP) is 2.85. The molecule has 0 saturated carbocycles. The summed E-state index contributed by atoms with van der Waals surface area (Å²) in [5, 5.41) is 12.6. The van der Waals surface area contributed by atoms with Gasteiger partial charge in [0.05, 0.1) is 11.6 Å². The van der Waals surface area contributed by atoms with Gasteiger partial charge in [0.1, 0.15) is 0 Å². The van der Waals surface area contributed by atoms with Crippen molar-refractivity contribution >= 4 is 21.8 Å². The monoisotopic (exact) mass is 294 g/mol. The zero-order valence-corrected chi connectivity index (χ0v) is 11.3. The Labute approximate surface area is 110 Å². The maximum absolute atomic E-state index is 11.9. The molecule has 0 aromatic heterocycles. The quantitative estimate of drug-likeness (QED) is 0.849. The minimum atomic E-state index is -0.121. The van der Waals surface area contributed by atoms with Gasteiger partial charge in [-0.3, -0.25) is 4.79 Å². The van der Waals surface area contributed by atoms with Crippen LogP contribution in [0.25, 0.3) is 0 Å². The van der Waals surface area contributed by atoms with Crippen LogP contribution in [-0.2, 0) is 0 Å². The van der Waals surface area contributed by atoms with Crippen LogP contribution in [0.5, 0.6) is 0 Å². The molecule has 1 amide bonds. The van der Waals surface area contributed by atoms with E-state index in [0.29, 0.717) is 11.1 Å². The number of carbonyl (C=O) groups excluding carboxylic acids is 1. The number of hydrogen-bond acceptors (Lipinski definition) is 2. The lowest BCUT2D eigenvalue weighted by Gasteiger charge is -2.13. The van der Waals surface area contributed by atoms with Crippen molar-refractivity contribution in [2.45, 2.75) is 25.8 Å². The van der Waals surface area contributed by atoms with Gasteiger partial charge in [0.25, 0.3) is 5.91 Å². The summed E-state index contributed by atoms with van der Waals surface area (Å²) in [7, 11) is 0. The molecule has 0 heterocycles. The number of halogens is 1. The van der Waals surface area contributed by atoms with Crippen molar-refractivity contribution in [3.05, 3.63) is 35.4 Å². The van der Waals surface area contributed by atoms with Gasteiger partial charge in [-0.15, -0.1) is 0 Å². The fraction of sp³-hybridized carbons (Fsp3) is 0.385. The Hall–Kier alpha value is -1.34. The van der Waals surface area contributed by atoms with Crippen molar-refractivity contribution < 1.29 is 4.79 Å². The van der Waals surface area contributed by atoms with Crippen LogP contribution in [0.3, 0.4) is 0 Å². The lowest BCUT2D eigenvalue weighted by molar-refractivity contribution is 0.0938. The molecule has 1 aromatic carbocycles. The summed E-state index contributed by atoms with van der Waals surface area (Å²) in [6, 6.07) is 8.89. The summed E-state index contributed by atoms with van der Waals surface area (Å²) in [6.45, 7) is 1.98. The van der Waals surface area contributed by atoms with E-state index < -0.39 is 0 Å². The van der Waals surface area contributed by atoms with E-state index in [-0.39, 0.29) is 11.9 Å². The number of nitriles is 1. The van der Waals surface area contributed by atoms with Crippen LogP contribution in [0.2, 0.25) is 0 Å². The molecular formula is C13H15BrN2O. The van der Waals surface area contributed by atoms with Crippen LogP contribution >= 0.6 is 15.9 Å².